The van der Waals surface area contributed by atoms with Crippen LogP contribution in [0, 0.1) is 0 Å². The molecule has 0 bridgehead atoms. The van der Waals surface area contributed by atoms with Crippen molar-refractivity contribution in [2.45, 2.75) is 44.1 Å². The Balaban J connectivity index is 1.91. The first-order chi connectivity index (χ1) is 8.77. The van der Waals surface area contributed by atoms with Crippen molar-refractivity contribution in [2.24, 2.45) is 0 Å². The van der Waals surface area contributed by atoms with Gasteiger partial charge >= 0.3 is 5.97 Å². The van der Waals surface area contributed by atoms with Gasteiger partial charge in [0.1, 0.15) is 5.82 Å². The van der Waals surface area contributed by atoms with Gasteiger partial charge in [-0.2, -0.15) is 0 Å². The monoisotopic (exact) mass is 250 g/mol. The Kier molecular flexibility index (Phi) is 3.07. The summed E-state index contributed by atoms with van der Waals surface area (Å²) in [5.74, 6) is 0.238. The lowest BCUT2D eigenvalue weighted by Gasteiger charge is -2.26. The Bertz CT molecular complexity index is 449. The number of carboxylic acids is 1. The van der Waals surface area contributed by atoms with Gasteiger partial charge in [0, 0.05) is 25.3 Å². The highest BCUT2D eigenvalue weighted by atomic mass is 16.5. The summed E-state index contributed by atoms with van der Waals surface area (Å²) in [4.78, 5) is 15.7. The van der Waals surface area contributed by atoms with Crippen LogP contribution in [0.1, 0.15) is 49.0 Å². The lowest BCUT2D eigenvalue weighted by molar-refractivity contribution is -0.139. The molecule has 0 radical (unpaired) electrons. The summed E-state index contributed by atoms with van der Waals surface area (Å²) in [5.41, 5.74) is 0.870. The number of hydrogen-bond donors (Lipinski definition) is 1. The first-order valence-electron chi connectivity index (χ1n) is 6.63. The highest BCUT2D eigenvalue weighted by molar-refractivity contribution is 5.75. The number of aliphatic carboxylic acids is 1. The number of rotatable bonds is 2. The van der Waals surface area contributed by atoms with E-state index in [-0.39, 0.29) is 5.92 Å². The average Bonchev–Trinajstić information content (AvgIpc) is 2.83. The van der Waals surface area contributed by atoms with Gasteiger partial charge in [-0.3, -0.25) is 4.79 Å². The third-order valence-electron chi connectivity index (χ3n) is 3.97. The third kappa shape index (κ3) is 1.92. The minimum Gasteiger partial charge on any atom is -0.481 e. The summed E-state index contributed by atoms with van der Waals surface area (Å²) in [6, 6.07) is 0. The molecule has 5 nitrogen and oxygen atoms in total. The molecule has 2 aliphatic rings. The van der Waals surface area contributed by atoms with Crippen LogP contribution in [0.15, 0.2) is 6.20 Å². The van der Waals surface area contributed by atoms with E-state index in [9.17, 15) is 9.90 Å². The van der Waals surface area contributed by atoms with E-state index in [0.29, 0.717) is 12.5 Å². The maximum absolute atomic E-state index is 11.2. The molecule has 0 amide bonds. The van der Waals surface area contributed by atoms with Crippen LogP contribution in [-0.2, 0) is 16.1 Å². The minimum atomic E-state index is -0.734. The second kappa shape index (κ2) is 4.72. The minimum absolute atomic E-state index is 0.333. The van der Waals surface area contributed by atoms with E-state index in [2.05, 4.69) is 9.55 Å². The van der Waals surface area contributed by atoms with E-state index in [0.717, 1.165) is 50.4 Å². The molecule has 1 N–H and O–H groups in total. The highest BCUT2D eigenvalue weighted by Crippen LogP contribution is 2.32. The third-order valence-corrected chi connectivity index (χ3v) is 3.97. The average molecular weight is 250 g/mol. The molecular formula is C13H18N2O3. The van der Waals surface area contributed by atoms with Crippen LogP contribution in [0.25, 0.3) is 0 Å². The lowest BCUT2D eigenvalue weighted by Crippen LogP contribution is -2.25. The van der Waals surface area contributed by atoms with E-state index >= 15 is 0 Å². The fourth-order valence-electron chi connectivity index (χ4n) is 3.05. The number of aromatic nitrogens is 2. The van der Waals surface area contributed by atoms with Crippen LogP contribution < -0.4 is 0 Å². The number of carbonyl (C=O) groups is 1. The molecule has 0 aliphatic carbocycles. The predicted octanol–water partition coefficient (Wildman–Crippen LogP) is 1.74. The molecule has 18 heavy (non-hydrogen) atoms. The molecule has 3 rings (SSSR count). The maximum Gasteiger partial charge on any atom is 0.312 e. The zero-order valence-corrected chi connectivity index (χ0v) is 10.3. The maximum atomic E-state index is 11.2. The van der Waals surface area contributed by atoms with Crippen LogP contribution in [0.3, 0.4) is 0 Å². The van der Waals surface area contributed by atoms with Crippen molar-refractivity contribution in [1.82, 2.24) is 9.55 Å². The van der Waals surface area contributed by atoms with Crippen molar-refractivity contribution in [3.8, 4) is 0 Å². The number of hydrogen-bond acceptors (Lipinski definition) is 3. The predicted molar refractivity (Wildman–Crippen MR) is 64.6 cm³/mol. The Morgan fingerprint density at radius 3 is 3.06 bits per heavy atom. The number of fused-ring (bicyclic) bond motifs is 1. The molecule has 3 heterocycles. The number of imidazole rings is 1. The van der Waals surface area contributed by atoms with Gasteiger partial charge in [0.15, 0.2) is 0 Å². The van der Waals surface area contributed by atoms with Crippen molar-refractivity contribution < 1.29 is 14.6 Å². The van der Waals surface area contributed by atoms with E-state index in [1.165, 1.54) is 0 Å². The summed E-state index contributed by atoms with van der Waals surface area (Å²) >= 11 is 0. The van der Waals surface area contributed by atoms with Gasteiger partial charge in [-0.05, 0) is 25.7 Å². The van der Waals surface area contributed by atoms with Crippen LogP contribution in [-0.4, -0.2) is 33.8 Å². The van der Waals surface area contributed by atoms with Crippen LogP contribution in [0.4, 0.5) is 0 Å². The quantitative estimate of drug-likeness (QED) is 0.868. The Morgan fingerprint density at radius 1 is 1.44 bits per heavy atom. The Labute approximate surface area is 106 Å². The van der Waals surface area contributed by atoms with Crippen molar-refractivity contribution in [2.75, 3.05) is 13.2 Å². The number of ether oxygens (including phenoxy) is 1. The van der Waals surface area contributed by atoms with Crippen LogP contribution >= 0.6 is 0 Å². The van der Waals surface area contributed by atoms with Crippen molar-refractivity contribution >= 4 is 5.97 Å². The van der Waals surface area contributed by atoms with Gasteiger partial charge in [-0.25, -0.2) is 4.98 Å². The van der Waals surface area contributed by atoms with Gasteiger partial charge in [0.2, 0.25) is 0 Å². The smallest absolute Gasteiger partial charge is 0.312 e. The lowest BCUT2D eigenvalue weighted by atomic mass is 9.95. The number of nitrogens with zero attached hydrogens (tertiary/aromatic N) is 2. The van der Waals surface area contributed by atoms with E-state index in [4.69, 9.17) is 4.74 Å². The normalized spacial score (nSPS) is 27.8. The topological polar surface area (TPSA) is 64.3 Å². The standard InChI is InChI=1S/C13H18N2O3/c16-13(17)10-4-1-5-15-11(10)7-14-12(15)9-3-2-6-18-8-9/h7,9-10H,1-6,8H2,(H,16,17). The fourth-order valence-corrected chi connectivity index (χ4v) is 3.05. The summed E-state index contributed by atoms with van der Waals surface area (Å²) in [6.45, 7) is 2.45. The van der Waals surface area contributed by atoms with E-state index in [1.54, 1.807) is 6.20 Å². The molecule has 98 valence electrons. The number of carboxylic acid groups (broad SMARTS) is 1. The van der Waals surface area contributed by atoms with Gasteiger partial charge in [0.25, 0.3) is 0 Å². The van der Waals surface area contributed by atoms with Gasteiger partial charge in [0.05, 0.1) is 18.2 Å². The highest BCUT2D eigenvalue weighted by Gasteiger charge is 2.31. The molecule has 0 aromatic carbocycles. The molecule has 0 spiro atoms. The zero-order valence-electron chi connectivity index (χ0n) is 10.3. The second-order valence-corrected chi connectivity index (χ2v) is 5.14. The van der Waals surface area contributed by atoms with Gasteiger partial charge < -0.3 is 14.4 Å². The molecule has 2 atom stereocenters. The summed E-state index contributed by atoms with van der Waals surface area (Å²) in [5, 5.41) is 9.24. The van der Waals surface area contributed by atoms with E-state index in [1.807, 2.05) is 0 Å². The molecular weight excluding hydrogens is 232 g/mol. The Hall–Kier alpha value is -1.36. The SMILES string of the molecule is O=C(O)C1CCCn2c1cnc2C1CCCOC1. The fraction of sp³-hybridized carbons (Fsp3) is 0.692. The summed E-state index contributed by atoms with van der Waals surface area (Å²) < 4.78 is 7.61. The first kappa shape index (κ1) is 11.7. The molecule has 1 fully saturated rings. The zero-order chi connectivity index (χ0) is 12.5. The summed E-state index contributed by atoms with van der Waals surface area (Å²) in [7, 11) is 0. The summed E-state index contributed by atoms with van der Waals surface area (Å²) in [6.07, 6.45) is 5.55. The van der Waals surface area contributed by atoms with Crippen molar-refractivity contribution in [3.63, 3.8) is 0 Å². The molecule has 1 saturated heterocycles. The largest absolute Gasteiger partial charge is 0.481 e. The first-order valence-corrected chi connectivity index (χ1v) is 6.63. The molecule has 1 aromatic rings. The second-order valence-electron chi connectivity index (χ2n) is 5.14. The van der Waals surface area contributed by atoms with Crippen molar-refractivity contribution in [3.05, 3.63) is 17.7 Å². The van der Waals surface area contributed by atoms with E-state index < -0.39 is 5.97 Å². The van der Waals surface area contributed by atoms with Crippen LogP contribution in [0.5, 0.6) is 0 Å². The molecule has 2 unspecified atom stereocenters. The molecule has 0 saturated carbocycles. The van der Waals surface area contributed by atoms with Gasteiger partial charge in [-0.1, -0.05) is 0 Å². The molecule has 1 aromatic heterocycles. The van der Waals surface area contributed by atoms with Crippen molar-refractivity contribution in [1.29, 1.82) is 0 Å². The van der Waals surface area contributed by atoms with Gasteiger partial charge in [-0.15, -0.1) is 0 Å². The Morgan fingerprint density at radius 2 is 2.33 bits per heavy atom. The molecule has 5 heteroatoms. The molecule has 2 aliphatic heterocycles. The van der Waals surface area contributed by atoms with Crippen LogP contribution in [0.2, 0.25) is 0 Å².